The summed E-state index contributed by atoms with van der Waals surface area (Å²) in [6, 6.07) is 8.17. The van der Waals surface area contributed by atoms with E-state index in [4.69, 9.17) is 5.73 Å². The maximum absolute atomic E-state index is 12.4. The Hall–Kier alpha value is -1.92. The van der Waals surface area contributed by atoms with Gasteiger partial charge in [0.1, 0.15) is 0 Å². The third-order valence-electron chi connectivity index (χ3n) is 5.73. The van der Waals surface area contributed by atoms with Crippen LogP contribution in [-0.4, -0.2) is 60.9 Å². The number of carbonyl (C=O) groups is 2. The van der Waals surface area contributed by atoms with E-state index < -0.39 is 0 Å². The summed E-state index contributed by atoms with van der Waals surface area (Å²) in [4.78, 5) is 28.4. The minimum Gasteiger partial charge on any atom is -0.352 e. The molecule has 1 heterocycles. The molecule has 2 amide bonds. The van der Waals surface area contributed by atoms with Crippen LogP contribution in [0.5, 0.6) is 0 Å². The molecule has 6 heteroatoms. The van der Waals surface area contributed by atoms with E-state index in [0.717, 1.165) is 30.9 Å². The Morgan fingerprint density at radius 3 is 2.37 bits per heavy atom. The molecule has 6 nitrogen and oxygen atoms in total. The minimum atomic E-state index is -0.0166. The van der Waals surface area contributed by atoms with E-state index in [-0.39, 0.29) is 11.8 Å². The first kappa shape index (κ1) is 19.8. The molecule has 2 atom stereocenters. The number of likely N-dealkylation sites (tertiary alicyclic amines) is 1. The van der Waals surface area contributed by atoms with Crippen molar-refractivity contribution in [2.45, 2.75) is 50.7 Å². The number of hydrogen-bond donors (Lipinski definition) is 2. The Morgan fingerprint density at radius 1 is 1.11 bits per heavy atom. The van der Waals surface area contributed by atoms with Gasteiger partial charge >= 0.3 is 0 Å². The number of nitrogens with two attached hydrogens (primary N) is 1. The Labute approximate surface area is 162 Å². The first-order valence-corrected chi connectivity index (χ1v) is 10.0. The van der Waals surface area contributed by atoms with E-state index in [1.807, 2.05) is 24.3 Å². The van der Waals surface area contributed by atoms with Gasteiger partial charge in [-0.05, 0) is 49.3 Å². The molecule has 3 rings (SSSR count). The molecule has 0 aromatic heterocycles. The Bertz CT molecular complexity index is 655. The lowest BCUT2D eigenvalue weighted by molar-refractivity contribution is -0.122. The number of amides is 2. The molecule has 1 aliphatic carbocycles. The number of carbonyl (C=O) groups excluding carboxylic acids is 2. The standard InChI is InChI=1S/C21H32N4O2/c1-24(2)21(27)17-7-5-15(6-8-17)13-23-20(26)11-18-9-10-19(12-22)25(18)14-16-3-4-16/h5-8,16,18-19H,3-4,9-14,22H2,1-2H3,(H,23,26)/t18-,19+/m0/s1. The SMILES string of the molecule is CN(C)C(=O)c1ccc(CNC(=O)C[C@@H]2CC[C@H](CN)N2CC2CC2)cc1. The first-order valence-electron chi connectivity index (χ1n) is 10.0. The maximum atomic E-state index is 12.4. The zero-order valence-corrected chi connectivity index (χ0v) is 16.5. The second kappa shape index (κ2) is 8.85. The lowest BCUT2D eigenvalue weighted by Crippen LogP contribution is -2.43. The number of nitrogens with zero attached hydrogens (tertiary/aromatic N) is 2. The van der Waals surface area contributed by atoms with E-state index in [2.05, 4.69) is 10.2 Å². The number of rotatable bonds is 8. The summed E-state index contributed by atoms with van der Waals surface area (Å²) in [5.74, 6) is 0.884. The van der Waals surface area contributed by atoms with Gasteiger partial charge in [-0.1, -0.05) is 12.1 Å². The van der Waals surface area contributed by atoms with Crippen LogP contribution in [0.4, 0.5) is 0 Å². The highest BCUT2D eigenvalue weighted by Crippen LogP contribution is 2.35. The van der Waals surface area contributed by atoms with Crippen LogP contribution in [0.2, 0.25) is 0 Å². The molecular formula is C21H32N4O2. The second-order valence-electron chi connectivity index (χ2n) is 8.14. The van der Waals surface area contributed by atoms with Gasteiger partial charge in [-0.3, -0.25) is 14.5 Å². The third-order valence-corrected chi connectivity index (χ3v) is 5.73. The zero-order valence-electron chi connectivity index (χ0n) is 16.5. The molecule has 1 aromatic carbocycles. The molecule has 148 valence electrons. The van der Waals surface area contributed by atoms with Gasteiger partial charge in [0.2, 0.25) is 5.91 Å². The molecule has 1 aromatic rings. The number of nitrogens with one attached hydrogen (secondary N) is 1. The summed E-state index contributed by atoms with van der Waals surface area (Å²) in [7, 11) is 3.47. The molecule has 0 bridgehead atoms. The summed E-state index contributed by atoms with van der Waals surface area (Å²) in [5, 5.41) is 3.03. The molecule has 2 fully saturated rings. The first-order chi connectivity index (χ1) is 13.0. The monoisotopic (exact) mass is 372 g/mol. The van der Waals surface area contributed by atoms with Gasteiger partial charge in [0, 0.05) is 57.8 Å². The van der Waals surface area contributed by atoms with Crippen LogP contribution < -0.4 is 11.1 Å². The van der Waals surface area contributed by atoms with Crippen LogP contribution in [0.15, 0.2) is 24.3 Å². The summed E-state index contributed by atoms with van der Waals surface area (Å²) in [6.45, 7) is 2.27. The smallest absolute Gasteiger partial charge is 0.253 e. The van der Waals surface area contributed by atoms with Crippen LogP contribution in [0.1, 0.15) is 48.0 Å². The van der Waals surface area contributed by atoms with Crippen LogP contribution >= 0.6 is 0 Å². The summed E-state index contributed by atoms with van der Waals surface area (Å²) in [5.41, 5.74) is 7.59. The van der Waals surface area contributed by atoms with Crippen molar-refractivity contribution in [2.24, 2.45) is 11.7 Å². The highest BCUT2D eigenvalue weighted by Gasteiger charge is 2.37. The molecular weight excluding hydrogens is 340 g/mol. The normalized spacial score (nSPS) is 22.6. The topological polar surface area (TPSA) is 78.7 Å². The van der Waals surface area contributed by atoms with Gasteiger partial charge in [0.15, 0.2) is 0 Å². The van der Waals surface area contributed by atoms with Crippen molar-refractivity contribution < 1.29 is 9.59 Å². The van der Waals surface area contributed by atoms with Crippen LogP contribution in [0.25, 0.3) is 0 Å². The number of hydrogen-bond acceptors (Lipinski definition) is 4. The van der Waals surface area contributed by atoms with Crippen molar-refractivity contribution in [3.05, 3.63) is 35.4 Å². The van der Waals surface area contributed by atoms with Crippen molar-refractivity contribution in [1.29, 1.82) is 0 Å². The predicted octanol–water partition coefficient (Wildman–Crippen LogP) is 1.60. The zero-order chi connectivity index (χ0) is 19.4. The summed E-state index contributed by atoms with van der Waals surface area (Å²) in [6.07, 6.45) is 5.34. The van der Waals surface area contributed by atoms with E-state index in [1.165, 1.54) is 12.8 Å². The van der Waals surface area contributed by atoms with Gasteiger partial charge < -0.3 is 16.0 Å². The quantitative estimate of drug-likeness (QED) is 0.726. The summed E-state index contributed by atoms with van der Waals surface area (Å²) < 4.78 is 0. The third kappa shape index (κ3) is 5.30. The fourth-order valence-corrected chi connectivity index (χ4v) is 3.89. The molecule has 3 N–H and O–H groups in total. The van der Waals surface area contributed by atoms with Crippen LogP contribution in [0, 0.1) is 5.92 Å². The van der Waals surface area contributed by atoms with E-state index in [0.29, 0.717) is 37.2 Å². The maximum Gasteiger partial charge on any atom is 0.253 e. The van der Waals surface area contributed by atoms with Crippen molar-refractivity contribution >= 4 is 11.8 Å². The Balaban J connectivity index is 1.48. The van der Waals surface area contributed by atoms with Crippen molar-refractivity contribution in [2.75, 3.05) is 27.2 Å². The minimum absolute atomic E-state index is 0.0166. The van der Waals surface area contributed by atoms with Gasteiger partial charge in [0.25, 0.3) is 5.91 Å². The molecule has 0 radical (unpaired) electrons. The fourth-order valence-electron chi connectivity index (χ4n) is 3.89. The fraction of sp³-hybridized carbons (Fsp3) is 0.619. The second-order valence-corrected chi connectivity index (χ2v) is 8.14. The average Bonchev–Trinajstić information content (AvgIpc) is 3.41. The highest BCUT2D eigenvalue weighted by atomic mass is 16.2. The Morgan fingerprint density at radius 2 is 1.78 bits per heavy atom. The molecule has 2 aliphatic rings. The van der Waals surface area contributed by atoms with Crippen molar-refractivity contribution in [3.8, 4) is 0 Å². The Kier molecular flexibility index (Phi) is 6.50. The van der Waals surface area contributed by atoms with Gasteiger partial charge in [-0.2, -0.15) is 0 Å². The lowest BCUT2D eigenvalue weighted by Gasteiger charge is -2.29. The molecule has 0 unspecified atom stereocenters. The van der Waals surface area contributed by atoms with Gasteiger partial charge in [-0.15, -0.1) is 0 Å². The molecule has 1 aliphatic heterocycles. The van der Waals surface area contributed by atoms with Crippen LogP contribution in [-0.2, 0) is 11.3 Å². The molecule has 1 saturated heterocycles. The van der Waals surface area contributed by atoms with Crippen molar-refractivity contribution in [3.63, 3.8) is 0 Å². The average molecular weight is 373 g/mol. The molecule has 0 spiro atoms. The highest BCUT2D eigenvalue weighted by molar-refractivity contribution is 5.93. The van der Waals surface area contributed by atoms with Gasteiger partial charge in [0.05, 0.1) is 0 Å². The predicted molar refractivity (Wildman–Crippen MR) is 106 cm³/mol. The van der Waals surface area contributed by atoms with E-state index in [9.17, 15) is 9.59 Å². The van der Waals surface area contributed by atoms with E-state index in [1.54, 1.807) is 19.0 Å². The lowest BCUT2D eigenvalue weighted by atomic mass is 10.1. The molecule has 1 saturated carbocycles. The van der Waals surface area contributed by atoms with E-state index >= 15 is 0 Å². The largest absolute Gasteiger partial charge is 0.352 e. The number of benzene rings is 1. The van der Waals surface area contributed by atoms with Crippen molar-refractivity contribution in [1.82, 2.24) is 15.1 Å². The molecule has 27 heavy (non-hydrogen) atoms. The summed E-state index contributed by atoms with van der Waals surface area (Å²) >= 11 is 0. The van der Waals surface area contributed by atoms with Gasteiger partial charge in [-0.25, -0.2) is 0 Å². The van der Waals surface area contributed by atoms with Crippen LogP contribution in [0.3, 0.4) is 0 Å².